The van der Waals surface area contributed by atoms with Crippen LogP contribution in [0, 0.1) is 0 Å². The predicted octanol–water partition coefficient (Wildman–Crippen LogP) is 5.66. The Hall–Kier alpha value is -3.64. The number of nitrogens with zero attached hydrogens (tertiary/aromatic N) is 3. The number of piperidine rings is 1. The van der Waals surface area contributed by atoms with Gasteiger partial charge < -0.3 is 14.5 Å². The SMILES string of the molecule is CCN(CC)C(=O)c1ccc(Cc2ccccc2OCCN2CCC(N(C(C)=O)c3ccccc3)CC2)cc1. The van der Waals surface area contributed by atoms with Crippen LogP contribution >= 0.6 is 0 Å². The fourth-order valence-corrected chi connectivity index (χ4v) is 5.39. The van der Waals surface area contributed by atoms with Gasteiger partial charge in [-0.3, -0.25) is 14.5 Å². The summed E-state index contributed by atoms with van der Waals surface area (Å²) < 4.78 is 6.25. The maximum Gasteiger partial charge on any atom is 0.253 e. The van der Waals surface area contributed by atoms with E-state index in [-0.39, 0.29) is 17.9 Å². The van der Waals surface area contributed by atoms with Crippen molar-refractivity contribution in [2.75, 3.05) is 44.2 Å². The highest BCUT2D eigenvalue weighted by molar-refractivity contribution is 5.94. The molecule has 1 fully saturated rings. The standard InChI is InChI=1S/C33H41N3O3/c1-4-35(5-2)33(38)28-17-15-27(16-18-28)25-29-11-9-10-14-32(29)39-24-23-34-21-19-31(20-22-34)36(26(3)37)30-12-7-6-8-13-30/h6-18,31H,4-5,19-25H2,1-3H3. The number of hydrogen-bond donors (Lipinski definition) is 0. The maximum atomic E-state index is 12.6. The normalized spacial score (nSPS) is 14.1. The predicted molar refractivity (Wildman–Crippen MR) is 158 cm³/mol. The number of para-hydroxylation sites is 2. The summed E-state index contributed by atoms with van der Waals surface area (Å²) in [5, 5.41) is 0. The Balaban J connectivity index is 1.28. The van der Waals surface area contributed by atoms with Crippen molar-refractivity contribution in [3.63, 3.8) is 0 Å². The molecule has 206 valence electrons. The van der Waals surface area contributed by atoms with E-state index in [1.165, 1.54) is 0 Å². The molecule has 0 N–H and O–H groups in total. The number of likely N-dealkylation sites (tertiary alicyclic amines) is 1. The van der Waals surface area contributed by atoms with Gasteiger partial charge in [-0.25, -0.2) is 0 Å². The molecule has 0 bridgehead atoms. The highest BCUT2D eigenvalue weighted by Crippen LogP contribution is 2.25. The van der Waals surface area contributed by atoms with Crippen LogP contribution in [-0.2, 0) is 11.2 Å². The van der Waals surface area contributed by atoms with Crippen molar-refractivity contribution in [2.45, 2.75) is 46.1 Å². The van der Waals surface area contributed by atoms with Crippen LogP contribution in [0.25, 0.3) is 0 Å². The third-order valence-electron chi connectivity index (χ3n) is 7.58. The largest absolute Gasteiger partial charge is 0.492 e. The van der Waals surface area contributed by atoms with Gasteiger partial charge in [0.25, 0.3) is 5.91 Å². The minimum absolute atomic E-state index is 0.0772. The summed E-state index contributed by atoms with van der Waals surface area (Å²) in [5.74, 6) is 1.08. The Morgan fingerprint density at radius 1 is 0.872 bits per heavy atom. The van der Waals surface area contributed by atoms with E-state index in [0.29, 0.717) is 19.7 Å². The second-order valence-corrected chi connectivity index (χ2v) is 10.1. The van der Waals surface area contributed by atoms with Crippen molar-refractivity contribution in [2.24, 2.45) is 0 Å². The molecule has 0 spiro atoms. The molecule has 1 aliphatic rings. The van der Waals surface area contributed by atoms with Crippen LogP contribution in [0.3, 0.4) is 0 Å². The second kappa shape index (κ2) is 13.9. The molecule has 1 saturated heterocycles. The number of carbonyl (C=O) groups excluding carboxylic acids is 2. The second-order valence-electron chi connectivity index (χ2n) is 10.1. The topological polar surface area (TPSA) is 53.1 Å². The van der Waals surface area contributed by atoms with Gasteiger partial charge in [-0.2, -0.15) is 0 Å². The number of rotatable bonds is 11. The van der Waals surface area contributed by atoms with E-state index in [1.807, 2.05) is 96.4 Å². The van der Waals surface area contributed by atoms with E-state index >= 15 is 0 Å². The van der Waals surface area contributed by atoms with Gasteiger partial charge in [0.1, 0.15) is 12.4 Å². The van der Waals surface area contributed by atoms with Crippen molar-refractivity contribution in [1.29, 1.82) is 0 Å². The van der Waals surface area contributed by atoms with Gasteiger partial charge in [-0.1, -0.05) is 48.5 Å². The number of hydrogen-bond acceptors (Lipinski definition) is 4. The number of amides is 2. The molecule has 0 radical (unpaired) electrons. The Labute approximate surface area is 233 Å². The Bertz CT molecular complexity index is 1200. The van der Waals surface area contributed by atoms with Crippen molar-refractivity contribution >= 4 is 17.5 Å². The molecule has 0 unspecified atom stereocenters. The number of anilines is 1. The van der Waals surface area contributed by atoms with Crippen molar-refractivity contribution in [1.82, 2.24) is 9.80 Å². The van der Waals surface area contributed by atoms with Crippen molar-refractivity contribution < 1.29 is 14.3 Å². The molecule has 6 nitrogen and oxygen atoms in total. The van der Waals surface area contributed by atoms with E-state index in [4.69, 9.17) is 4.74 Å². The molecular weight excluding hydrogens is 486 g/mol. The Morgan fingerprint density at radius 3 is 2.15 bits per heavy atom. The third kappa shape index (κ3) is 7.48. The lowest BCUT2D eigenvalue weighted by atomic mass is 10.0. The quantitative estimate of drug-likeness (QED) is 0.323. The first-order chi connectivity index (χ1) is 19.0. The molecule has 2 amide bonds. The number of ether oxygens (including phenoxy) is 1. The summed E-state index contributed by atoms with van der Waals surface area (Å²) in [7, 11) is 0. The molecule has 3 aromatic carbocycles. The molecule has 4 rings (SSSR count). The van der Waals surface area contributed by atoms with Gasteiger partial charge in [-0.15, -0.1) is 0 Å². The summed E-state index contributed by atoms with van der Waals surface area (Å²) in [5.41, 5.74) is 4.00. The van der Waals surface area contributed by atoms with Gasteiger partial charge in [0.05, 0.1) is 0 Å². The van der Waals surface area contributed by atoms with Crippen molar-refractivity contribution in [3.05, 3.63) is 95.6 Å². The molecule has 3 aromatic rings. The number of benzene rings is 3. The maximum absolute atomic E-state index is 12.6. The molecule has 39 heavy (non-hydrogen) atoms. The summed E-state index contributed by atoms with van der Waals surface area (Å²) in [6.07, 6.45) is 2.66. The van der Waals surface area contributed by atoms with Crippen LogP contribution in [0.15, 0.2) is 78.9 Å². The lowest BCUT2D eigenvalue weighted by molar-refractivity contribution is -0.117. The monoisotopic (exact) mass is 527 g/mol. The van der Waals surface area contributed by atoms with Crippen LogP contribution in [-0.4, -0.2) is 67.0 Å². The van der Waals surface area contributed by atoms with Gasteiger partial charge in [0.15, 0.2) is 0 Å². The average Bonchev–Trinajstić information content (AvgIpc) is 2.96. The Morgan fingerprint density at radius 2 is 1.51 bits per heavy atom. The van der Waals surface area contributed by atoms with Crippen molar-refractivity contribution in [3.8, 4) is 5.75 Å². The van der Waals surface area contributed by atoms with Crippen LogP contribution in [0.4, 0.5) is 5.69 Å². The van der Waals surface area contributed by atoms with Crippen LogP contribution < -0.4 is 9.64 Å². The van der Waals surface area contributed by atoms with Crippen LogP contribution in [0.5, 0.6) is 5.75 Å². The summed E-state index contributed by atoms with van der Waals surface area (Å²) in [6, 6.07) is 26.3. The van der Waals surface area contributed by atoms with E-state index in [1.54, 1.807) is 6.92 Å². The highest BCUT2D eigenvalue weighted by atomic mass is 16.5. The summed E-state index contributed by atoms with van der Waals surface area (Å²) >= 11 is 0. The number of carbonyl (C=O) groups is 2. The fourth-order valence-electron chi connectivity index (χ4n) is 5.39. The first-order valence-corrected chi connectivity index (χ1v) is 14.2. The summed E-state index contributed by atoms with van der Waals surface area (Å²) in [4.78, 5) is 31.2. The third-order valence-corrected chi connectivity index (χ3v) is 7.58. The van der Waals surface area contributed by atoms with E-state index in [0.717, 1.165) is 67.0 Å². The van der Waals surface area contributed by atoms with Crippen LogP contribution in [0.2, 0.25) is 0 Å². The Kier molecular flexibility index (Phi) is 10.1. The smallest absolute Gasteiger partial charge is 0.253 e. The minimum atomic E-state index is 0.0772. The molecule has 0 aromatic heterocycles. The molecule has 1 heterocycles. The summed E-state index contributed by atoms with van der Waals surface area (Å²) in [6.45, 7) is 10.5. The first kappa shape index (κ1) is 28.4. The first-order valence-electron chi connectivity index (χ1n) is 14.2. The van der Waals surface area contributed by atoms with E-state index in [9.17, 15) is 9.59 Å². The molecular formula is C33H41N3O3. The highest BCUT2D eigenvalue weighted by Gasteiger charge is 2.27. The zero-order valence-electron chi connectivity index (χ0n) is 23.5. The van der Waals surface area contributed by atoms with Gasteiger partial charge in [0.2, 0.25) is 5.91 Å². The lowest BCUT2D eigenvalue weighted by Gasteiger charge is -2.38. The van der Waals surface area contributed by atoms with E-state index in [2.05, 4.69) is 11.0 Å². The average molecular weight is 528 g/mol. The van der Waals surface area contributed by atoms with Crippen LogP contribution in [0.1, 0.15) is 55.1 Å². The van der Waals surface area contributed by atoms with Gasteiger partial charge >= 0.3 is 0 Å². The fraction of sp³-hybridized carbons (Fsp3) is 0.394. The van der Waals surface area contributed by atoms with E-state index < -0.39 is 0 Å². The van der Waals surface area contributed by atoms with Gasteiger partial charge in [-0.05, 0) is 68.1 Å². The zero-order chi connectivity index (χ0) is 27.6. The molecule has 0 aliphatic carbocycles. The van der Waals surface area contributed by atoms with Gasteiger partial charge in [0, 0.05) is 63.4 Å². The lowest BCUT2D eigenvalue weighted by Crippen LogP contribution is -2.47. The molecule has 1 aliphatic heterocycles. The minimum Gasteiger partial charge on any atom is -0.492 e. The molecule has 0 atom stereocenters. The molecule has 6 heteroatoms. The zero-order valence-corrected chi connectivity index (χ0v) is 23.5. The molecule has 0 saturated carbocycles.